The normalized spacial score (nSPS) is 14.3. The van der Waals surface area contributed by atoms with Gasteiger partial charge in [0.2, 0.25) is 0 Å². The molecule has 3 heteroatoms. The molecular weight excluding hydrogens is 258 g/mol. The van der Waals surface area contributed by atoms with E-state index >= 15 is 0 Å². The fourth-order valence-corrected chi connectivity index (χ4v) is 2.52. The predicted molar refractivity (Wildman–Crippen MR) is 82.8 cm³/mol. The van der Waals surface area contributed by atoms with E-state index in [9.17, 15) is 0 Å². The van der Waals surface area contributed by atoms with Gasteiger partial charge in [0.25, 0.3) is 0 Å². The Bertz CT molecular complexity index is 356. The highest BCUT2D eigenvalue weighted by molar-refractivity contribution is 6.30. The van der Waals surface area contributed by atoms with Crippen LogP contribution in [0.1, 0.15) is 25.8 Å². The summed E-state index contributed by atoms with van der Waals surface area (Å²) >= 11 is 6.06. The average Bonchev–Trinajstić information content (AvgIpc) is 2.40. The smallest absolute Gasteiger partial charge is 0.0464 e. The first-order valence-electron chi connectivity index (χ1n) is 7.11. The molecule has 0 bridgehead atoms. The molecule has 2 nitrogen and oxygen atoms in total. The van der Waals surface area contributed by atoms with Crippen LogP contribution in [0.4, 0.5) is 0 Å². The van der Waals surface area contributed by atoms with Crippen molar-refractivity contribution in [3.8, 4) is 0 Å². The highest BCUT2D eigenvalue weighted by atomic mass is 35.5. The molecule has 1 N–H and O–H groups in total. The van der Waals surface area contributed by atoms with Crippen LogP contribution >= 0.6 is 11.6 Å². The Hall–Kier alpha value is -0.570. The van der Waals surface area contributed by atoms with Gasteiger partial charge in [-0.25, -0.2) is 0 Å². The van der Waals surface area contributed by atoms with Gasteiger partial charge in [0, 0.05) is 18.7 Å². The van der Waals surface area contributed by atoms with Gasteiger partial charge in [0.1, 0.15) is 0 Å². The first-order valence-corrected chi connectivity index (χ1v) is 7.49. The molecule has 19 heavy (non-hydrogen) atoms. The summed E-state index contributed by atoms with van der Waals surface area (Å²) in [4.78, 5) is 0. The summed E-state index contributed by atoms with van der Waals surface area (Å²) in [6.07, 6.45) is 2.17. The summed E-state index contributed by atoms with van der Waals surface area (Å²) in [5.41, 5.74) is 1.32. The first-order chi connectivity index (χ1) is 9.17. The number of nitrogens with one attached hydrogen (secondary N) is 1. The van der Waals surface area contributed by atoms with Gasteiger partial charge in [-0.1, -0.05) is 37.6 Å². The van der Waals surface area contributed by atoms with E-state index in [4.69, 9.17) is 16.3 Å². The highest BCUT2D eigenvalue weighted by Gasteiger charge is 2.17. The zero-order valence-corrected chi connectivity index (χ0v) is 13.0. The Kier molecular flexibility index (Phi) is 8.11. The summed E-state index contributed by atoms with van der Waals surface area (Å²) in [5, 5.41) is 4.29. The van der Waals surface area contributed by atoms with Crippen LogP contribution in [0.2, 0.25) is 5.02 Å². The maximum Gasteiger partial charge on any atom is 0.0464 e. The van der Waals surface area contributed by atoms with E-state index in [1.807, 2.05) is 12.1 Å². The lowest BCUT2D eigenvalue weighted by Crippen LogP contribution is -2.29. The molecule has 2 unspecified atom stereocenters. The van der Waals surface area contributed by atoms with E-state index in [0.29, 0.717) is 11.8 Å². The number of rotatable bonds is 9. The molecule has 0 saturated heterocycles. The van der Waals surface area contributed by atoms with Gasteiger partial charge in [-0.15, -0.1) is 0 Å². The van der Waals surface area contributed by atoms with Crippen LogP contribution in [0, 0.1) is 11.8 Å². The minimum Gasteiger partial charge on any atom is -0.385 e. The topological polar surface area (TPSA) is 21.3 Å². The van der Waals surface area contributed by atoms with Gasteiger partial charge >= 0.3 is 0 Å². The van der Waals surface area contributed by atoms with Gasteiger partial charge in [-0.05, 0) is 55.5 Å². The average molecular weight is 284 g/mol. The van der Waals surface area contributed by atoms with Crippen molar-refractivity contribution >= 4 is 11.6 Å². The lowest BCUT2D eigenvalue weighted by molar-refractivity contribution is 0.164. The van der Waals surface area contributed by atoms with Crippen molar-refractivity contribution in [2.75, 3.05) is 26.8 Å². The molecule has 0 heterocycles. The summed E-state index contributed by atoms with van der Waals surface area (Å²) in [5.74, 6) is 1.26. The molecule has 0 aromatic heterocycles. The number of halogens is 1. The Morgan fingerprint density at radius 3 is 2.79 bits per heavy atom. The molecule has 0 saturated carbocycles. The van der Waals surface area contributed by atoms with Crippen molar-refractivity contribution in [3.63, 3.8) is 0 Å². The Labute approximate surface area is 122 Å². The minimum absolute atomic E-state index is 0.619. The Morgan fingerprint density at radius 1 is 1.37 bits per heavy atom. The van der Waals surface area contributed by atoms with E-state index in [0.717, 1.165) is 37.6 Å². The van der Waals surface area contributed by atoms with Crippen molar-refractivity contribution in [3.05, 3.63) is 34.9 Å². The fraction of sp³-hybridized carbons (Fsp3) is 0.625. The molecule has 1 aromatic rings. The third-order valence-electron chi connectivity index (χ3n) is 3.63. The van der Waals surface area contributed by atoms with Crippen molar-refractivity contribution < 1.29 is 4.74 Å². The van der Waals surface area contributed by atoms with Gasteiger partial charge in [0.15, 0.2) is 0 Å². The van der Waals surface area contributed by atoms with Crippen molar-refractivity contribution in [1.29, 1.82) is 0 Å². The number of hydrogen-bond donors (Lipinski definition) is 1. The SMILES string of the molecule is CCNCC(Cc1cccc(Cl)c1)C(C)CCOC. The zero-order valence-electron chi connectivity index (χ0n) is 12.3. The minimum atomic E-state index is 0.619. The fourth-order valence-electron chi connectivity index (χ4n) is 2.31. The van der Waals surface area contributed by atoms with Crippen LogP contribution in [0.3, 0.4) is 0 Å². The summed E-state index contributed by atoms with van der Waals surface area (Å²) in [7, 11) is 1.77. The van der Waals surface area contributed by atoms with Crippen molar-refractivity contribution in [2.45, 2.75) is 26.7 Å². The van der Waals surface area contributed by atoms with Crippen molar-refractivity contribution in [1.82, 2.24) is 5.32 Å². The van der Waals surface area contributed by atoms with Crippen LogP contribution in [0.25, 0.3) is 0 Å². The second-order valence-corrected chi connectivity index (χ2v) is 5.60. The highest BCUT2D eigenvalue weighted by Crippen LogP contribution is 2.22. The monoisotopic (exact) mass is 283 g/mol. The number of benzene rings is 1. The van der Waals surface area contributed by atoms with E-state index in [2.05, 4.69) is 31.3 Å². The summed E-state index contributed by atoms with van der Waals surface area (Å²) in [6.45, 7) is 7.36. The molecule has 0 aliphatic carbocycles. The number of ether oxygens (including phenoxy) is 1. The number of hydrogen-bond acceptors (Lipinski definition) is 2. The van der Waals surface area contributed by atoms with Gasteiger partial charge in [0.05, 0.1) is 0 Å². The van der Waals surface area contributed by atoms with E-state index in [-0.39, 0.29) is 0 Å². The molecule has 2 atom stereocenters. The van der Waals surface area contributed by atoms with Crippen LogP contribution in [0.5, 0.6) is 0 Å². The molecule has 0 spiro atoms. The predicted octanol–water partition coefficient (Wildman–Crippen LogP) is 3.78. The largest absolute Gasteiger partial charge is 0.385 e. The molecule has 1 rings (SSSR count). The molecule has 0 amide bonds. The quantitative estimate of drug-likeness (QED) is 0.745. The second-order valence-electron chi connectivity index (χ2n) is 5.16. The second kappa shape index (κ2) is 9.35. The molecule has 1 aromatic carbocycles. The Balaban J connectivity index is 2.62. The van der Waals surface area contributed by atoms with Crippen LogP contribution in [0.15, 0.2) is 24.3 Å². The van der Waals surface area contributed by atoms with Gasteiger partial charge < -0.3 is 10.1 Å². The van der Waals surface area contributed by atoms with E-state index < -0.39 is 0 Å². The van der Waals surface area contributed by atoms with Crippen LogP contribution in [-0.4, -0.2) is 26.8 Å². The molecule has 0 aliphatic heterocycles. The van der Waals surface area contributed by atoms with Crippen LogP contribution in [-0.2, 0) is 11.2 Å². The maximum absolute atomic E-state index is 6.06. The maximum atomic E-state index is 6.06. The van der Waals surface area contributed by atoms with Gasteiger partial charge in [-0.3, -0.25) is 0 Å². The molecule has 0 radical (unpaired) electrons. The summed E-state index contributed by atoms with van der Waals surface area (Å²) < 4.78 is 5.19. The van der Waals surface area contributed by atoms with E-state index in [1.165, 1.54) is 5.56 Å². The standard InChI is InChI=1S/C16H26ClNO/c1-4-18-12-15(13(2)8-9-19-3)10-14-6-5-7-16(17)11-14/h5-7,11,13,15,18H,4,8-10,12H2,1-3H3. The lowest BCUT2D eigenvalue weighted by atomic mass is 9.86. The van der Waals surface area contributed by atoms with Crippen LogP contribution < -0.4 is 5.32 Å². The van der Waals surface area contributed by atoms with Gasteiger partial charge in [-0.2, -0.15) is 0 Å². The van der Waals surface area contributed by atoms with E-state index in [1.54, 1.807) is 7.11 Å². The number of methoxy groups -OCH3 is 1. The third kappa shape index (κ3) is 6.42. The van der Waals surface area contributed by atoms with Crippen molar-refractivity contribution in [2.24, 2.45) is 11.8 Å². The molecular formula is C16H26ClNO. The lowest BCUT2D eigenvalue weighted by Gasteiger charge is -2.24. The molecule has 108 valence electrons. The molecule has 0 fully saturated rings. The third-order valence-corrected chi connectivity index (χ3v) is 3.86. The summed E-state index contributed by atoms with van der Waals surface area (Å²) in [6, 6.07) is 8.19. The first kappa shape index (κ1) is 16.5. The Morgan fingerprint density at radius 2 is 2.16 bits per heavy atom. The zero-order chi connectivity index (χ0) is 14.1. The molecule has 0 aliphatic rings.